The first-order valence-electron chi connectivity index (χ1n) is 5.93. The van der Waals surface area contributed by atoms with Crippen molar-refractivity contribution >= 4 is 15.9 Å². The summed E-state index contributed by atoms with van der Waals surface area (Å²) in [6, 6.07) is 1.75. The molecule has 96 valence electrons. The van der Waals surface area contributed by atoms with Gasteiger partial charge < -0.3 is 5.32 Å². The minimum Gasteiger partial charge on any atom is -0.305 e. The lowest BCUT2D eigenvalue weighted by Gasteiger charge is -2.17. The normalized spacial score (nSPS) is 12.6. The van der Waals surface area contributed by atoms with Gasteiger partial charge in [0.1, 0.15) is 6.04 Å². The van der Waals surface area contributed by atoms with Crippen molar-refractivity contribution in [3.63, 3.8) is 0 Å². The number of rotatable bonds is 5. The van der Waals surface area contributed by atoms with Crippen molar-refractivity contribution in [2.75, 3.05) is 7.05 Å². The summed E-state index contributed by atoms with van der Waals surface area (Å²) >= 11 is 3.55. The van der Waals surface area contributed by atoms with Crippen LogP contribution in [0.3, 0.4) is 0 Å². The van der Waals surface area contributed by atoms with Crippen LogP contribution >= 0.6 is 15.9 Å². The minimum atomic E-state index is -0.0605. The van der Waals surface area contributed by atoms with Crippen molar-refractivity contribution in [1.82, 2.24) is 25.1 Å². The lowest BCUT2D eigenvalue weighted by molar-refractivity contribution is 0.521. The van der Waals surface area contributed by atoms with Crippen LogP contribution in [0.15, 0.2) is 29.1 Å². The van der Waals surface area contributed by atoms with Gasteiger partial charge in [0.25, 0.3) is 0 Å². The zero-order valence-electron chi connectivity index (χ0n) is 10.5. The number of halogens is 1. The number of aromatic nitrogens is 4. The first kappa shape index (κ1) is 13.2. The van der Waals surface area contributed by atoms with Gasteiger partial charge in [0.05, 0.1) is 16.4 Å². The predicted molar refractivity (Wildman–Crippen MR) is 73.2 cm³/mol. The lowest BCUT2D eigenvalue weighted by atomic mass is 10.2. The quantitative estimate of drug-likeness (QED) is 0.919. The predicted octanol–water partition coefficient (Wildman–Crippen LogP) is 2.15. The SMILES string of the molecule is CCCn1ncc(Br)c1C(NC)c1ncccn1. The average molecular weight is 310 g/mol. The molecule has 0 fully saturated rings. The van der Waals surface area contributed by atoms with Gasteiger partial charge in [-0.1, -0.05) is 6.92 Å². The molecule has 1 unspecified atom stereocenters. The van der Waals surface area contributed by atoms with E-state index in [0.29, 0.717) is 0 Å². The Morgan fingerprint density at radius 2 is 2.11 bits per heavy atom. The summed E-state index contributed by atoms with van der Waals surface area (Å²) in [4.78, 5) is 8.63. The Balaban J connectivity index is 2.41. The second-order valence-corrected chi connectivity index (χ2v) is 4.78. The third-order valence-corrected chi connectivity index (χ3v) is 3.29. The summed E-state index contributed by atoms with van der Waals surface area (Å²) in [5.41, 5.74) is 1.06. The van der Waals surface area contributed by atoms with Crippen molar-refractivity contribution in [3.8, 4) is 0 Å². The van der Waals surface area contributed by atoms with Crippen LogP contribution in [0.5, 0.6) is 0 Å². The lowest BCUT2D eigenvalue weighted by Crippen LogP contribution is -2.24. The summed E-state index contributed by atoms with van der Waals surface area (Å²) in [6.07, 6.45) is 6.35. The molecule has 2 aromatic heterocycles. The van der Waals surface area contributed by atoms with Gasteiger partial charge in [-0.15, -0.1) is 0 Å². The molecular weight excluding hydrogens is 294 g/mol. The molecule has 2 rings (SSSR count). The molecule has 6 heteroatoms. The molecule has 0 amide bonds. The van der Waals surface area contributed by atoms with E-state index in [9.17, 15) is 0 Å². The van der Waals surface area contributed by atoms with E-state index in [1.165, 1.54) is 0 Å². The summed E-state index contributed by atoms with van der Waals surface area (Å²) in [5.74, 6) is 0.749. The molecular formula is C12H16BrN5. The van der Waals surface area contributed by atoms with E-state index in [2.05, 4.69) is 43.2 Å². The summed E-state index contributed by atoms with van der Waals surface area (Å²) in [6.45, 7) is 3.01. The Morgan fingerprint density at radius 1 is 1.39 bits per heavy atom. The smallest absolute Gasteiger partial charge is 0.151 e. The minimum absolute atomic E-state index is 0.0605. The van der Waals surface area contributed by atoms with E-state index in [4.69, 9.17) is 0 Å². The average Bonchev–Trinajstić information content (AvgIpc) is 2.75. The van der Waals surface area contributed by atoms with E-state index in [-0.39, 0.29) is 6.04 Å². The number of nitrogens with one attached hydrogen (secondary N) is 1. The number of aryl methyl sites for hydroxylation is 1. The molecule has 0 bridgehead atoms. The number of nitrogens with zero attached hydrogens (tertiary/aromatic N) is 4. The molecule has 18 heavy (non-hydrogen) atoms. The van der Waals surface area contributed by atoms with Gasteiger partial charge in [-0.2, -0.15) is 5.10 Å². The highest BCUT2D eigenvalue weighted by atomic mass is 79.9. The highest BCUT2D eigenvalue weighted by Crippen LogP contribution is 2.26. The van der Waals surface area contributed by atoms with Crippen LogP contribution in [0, 0.1) is 0 Å². The molecule has 5 nitrogen and oxygen atoms in total. The zero-order valence-corrected chi connectivity index (χ0v) is 12.1. The fraction of sp³-hybridized carbons (Fsp3) is 0.417. The highest BCUT2D eigenvalue weighted by Gasteiger charge is 2.22. The summed E-state index contributed by atoms with van der Waals surface area (Å²) in [5, 5.41) is 7.62. The van der Waals surface area contributed by atoms with E-state index in [0.717, 1.165) is 29.0 Å². The van der Waals surface area contributed by atoms with E-state index in [1.54, 1.807) is 12.4 Å². The van der Waals surface area contributed by atoms with Gasteiger partial charge in [-0.25, -0.2) is 9.97 Å². The van der Waals surface area contributed by atoms with Gasteiger partial charge in [0.2, 0.25) is 0 Å². The second-order valence-electron chi connectivity index (χ2n) is 3.93. The van der Waals surface area contributed by atoms with Crippen molar-refractivity contribution in [1.29, 1.82) is 0 Å². The van der Waals surface area contributed by atoms with Crippen molar-refractivity contribution in [2.24, 2.45) is 0 Å². The van der Waals surface area contributed by atoms with Crippen LogP contribution in [0.4, 0.5) is 0 Å². The van der Waals surface area contributed by atoms with Crippen molar-refractivity contribution in [2.45, 2.75) is 25.9 Å². The molecule has 1 N–H and O–H groups in total. The summed E-state index contributed by atoms with van der Waals surface area (Å²) < 4.78 is 2.96. The van der Waals surface area contributed by atoms with E-state index >= 15 is 0 Å². The van der Waals surface area contributed by atoms with Gasteiger partial charge in [-0.05, 0) is 35.5 Å². The fourth-order valence-electron chi connectivity index (χ4n) is 1.90. The molecule has 1 atom stereocenters. The van der Waals surface area contributed by atoms with Crippen molar-refractivity contribution < 1.29 is 0 Å². The first-order chi connectivity index (χ1) is 8.77. The Labute approximate surface area is 115 Å². The molecule has 0 aliphatic heterocycles. The van der Waals surface area contributed by atoms with Crippen LogP contribution in [0.25, 0.3) is 0 Å². The second kappa shape index (κ2) is 6.06. The fourth-order valence-corrected chi connectivity index (χ4v) is 2.42. The maximum Gasteiger partial charge on any atom is 0.151 e. The molecule has 0 spiro atoms. The number of hydrogen-bond acceptors (Lipinski definition) is 4. The highest BCUT2D eigenvalue weighted by molar-refractivity contribution is 9.10. The Kier molecular flexibility index (Phi) is 4.43. The largest absolute Gasteiger partial charge is 0.305 e. The van der Waals surface area contributed by atoms with E-state index < -0.39 is 0 Å². The standard InChI is InChI=1S/C12H16BrN5/c1-3-7-18-11(9(13)8-17-18)10(14-2)12-15-5-4-6-16-12/h4-6,8,10,14H,3,7H2,1-2H3. The van der Waals surface area contributed by atoms with Crippen LogP contribution in [0.1, 0.15) is 30.9 Å². The van der Waals surface area contributed by atoms with Gasteiger partial charge >= 0.3 is 0 Å². The maximum absolute atomic E-state index is 4.37. The third kappa shape index (κ3) is 2.59. The molecule has 0 saturated carbocycles. The molecule has 0 aliphatic rings. The maximum atomic E-state index is 4.37. The van der Waals surface area contributed by atoms with Crippen LogP contribution in [0.2, 0.25) is 0 Å². The van der Waals surface area contributed by atoms with Crippen LogP contribution in [-0.4, -0.2) is 26.8 Å². The third-order valence-electron chi connectivity index (χ3n) is 2.67. The molecule has 0 aromatic carbocycles. The Hall–Kier alpha value is -1.27. The van der Waals surface area contributed by atoms with Gasteiger partial charge in [0, 0.05) is 18.9 Å². The van der Waals surface area contributed by atoms with Gasteiger partial charge in [-0.3, -0.25) is 4.68 Å². The molecule has 0 aliphatic carbocycles. The molecule has 2 aromatic rings. The summed E-state index contributed by atoms with van der Waals surface area (Å²) in [7, 11) is 1.90. The topological polar surface area (TPSA) is 55.6 Å². The zero-order chi connectivity index (χ0) is 13.0. The van der Waals surface area contributed by atoms with Crippen molar-refractivity contribution in [3.05, 3.63) is 40.6 Å². The molecule has 0 saturated heterocycles. The van der Waals surface area contributed by atoms with Crippen LogP contribution < -0.4 is 5.32 Å². The monoisotopic (exact) mass is 309 g/mol. The Morgan fingerprint density at radius 3 is 2.72 bits per heavy atom. The Bertz CT molecular complexity index is 496. The first-order valence-corrected chi connectivity index (χ1v) is 6.72. The molecule has 2 heterocycles. The van der Waals surface area contributed by atoms with Crippen LogP contribution in [-0.2, 0) is 6.54 Å². The van der Waals surface area contributed by atoms with Gasteiger partial charge in [0.15, 0.2) is 5.82 Å². The number of hydrogen-bond donors (Lipinski definition) is 1. The molecule has 0 radical (unpaired) electrons. The van der Waals surface area contributed by atoms with E-state index in [1.807, 2.05) is 24.0 Å².